The number of aryl methyl sites for hydroxylation is 1. The summed E-state index contributed by atoms with van der Waals surface area (Å²) in [6.07, 6.45) is 4.64. The maximum Gasteiger partial charge on any atom is 0.117 e. The van der Waals surface area contributed by atoms with Gasteiger partial charge >= 0.3 is 0 Å². The first kappa shape index (κ1) is 14.9. The van der Waals surface area contributed by atoms with Crippen LogP contribution in [0.1, 0.15) is 45.4 Å². The van der Waals surface area contributed by atoms with Crippen LogP contribution in [0.5, 0.6) is 0 Å². The van der Waals surface area contributed by atoms with E-state index in [1.165, 1.54) is 25.1 Å². The molecule has 1 aromatic heterocycles. The van der Waals surface area contributed by atoms with Crippen LogP contribution in [0.2, 0.25) is 5.02 Å². The molecule has 0 bridgehead atoms. The van der Waals surface area contributed by atoms with Gasteiger partial charge < -0.3 is 9.88 Å². The SMILES string of the molecule is CCCn1c(C2(CCC)CCNC2)nc2cccc(Cl)c21. The van der Waals surface area contributed by atoms with E-state index in [1.807, 2.05) is 12.1 Å². The van der Waals surface area contributed by atoms with Crippen molar-refractivity contribution in [2.24, 2.45) is 0 Å². The van der Waals surface area contributed by atoms with Gasteiger partial charge in [-0.05, 0) is 37.9 Å². The smallest absolute Gasteiger partial charge is 0.117 e. The summed E-state index contributed by atoms with van der Waals surface area (Å²) in [6, 6.07) is 6.05. The molecule has 1 aromatic carbocycles. The lowest BCUT2D eigenvalue weighted by Crippen LogP contribution is -2.32. The average molecular weight is 306 g/mol. The molecule has 1 fully saturated rings. The molecule has 3 rings (SSSR count). The summed E-state index contributed by atoms with van der Waals surface area (Å²) in [4.78, 5) is 5.00. The summed E-state index contributed by atoms with van der Waals surface area (Å²) in [5.41, 5.74) is 2.32. The number of benzene rings is 1. The van der Waals surface area contributed by atoms with Crippen LogP contribution in [0, 0.1) is 0 Å². The molecule has 21 heavy (non-hydrogen) atoms. The molecule has 114 valence electrons. The number of rotatable bonds is 5. The Morgan fingerprint density at radius 1 is 1.33 bits per heavy atom. The first-order valence-electron chi connectivity index (χ1n) is 8.08. The van der Waals surface area contributed by atoms with Gasteiger partial charge in [0.1, 0.15) is 5.82 Å². The van der Waals surface area contributed by atoms with Crippen molar-refractivity contribution < 1.29 is 0 Å². The Bertz CT molecular complexity index is 626. The number of hydrogen-bond donors (Lipinski definition) is 1. The van der Waals surface area contributed by atoms with E-state index in [2.05, 4.69) is 29.8 Å². The molecule has 4 heteroatoms. The monoisotopic (exact) mass is 305 g/mol. The van der Waals surface area contributed by atoms with Crippen molar-refractivity contribution >= 4 is 22.6 Å². The topological polar surface area (TPSA) is 29.9 Å². The second kappa shape index (κ2) is 5.98. The van der Waals surface area contributed by atoms with E-state index >= 15 is 0 Å². The van der Waals surface area contributed by atoms with Gasteiger partial charge in [0.25, 0.3) is 0 Å². The molecule has 0 saturated carbocycles. The summed E-state index contributed by atoms with van der Waals surface area (Å²) in [5.74, 6) is 1.24. The largest absolute Gasteiger partial charge is 0.326 e. The Morgan fingerprint density at radius 2 is 2.19 bits per heavy atom. The highest BCUT2D eigenvalue weighted by Crippen LogP contribution is 2.38. The van der Waals surface area contributed by atoms with Crippen molar-refractivity contribution in [2.45, 2.75) is 51.5 Å². The molecular weight excluding hydrogens is 282 g/mol. The Morgan fingerprint density at radius 3 is 2.86 bits per heavy atom. The summed E-state index contributed by atoms with van der Waals surface area (Å²) in [5, 5.41) is 4.36. The lowest BCUT2D eigenvalue weighted by molar-refractivity contribution is 0.384. The molecule has 1 aliphatic heterocycles. The van der Waals surface area contributed by atoms with Gasteiger partial charge in [-0.2, -0.15) is 0 Å². The van der Waals surface area contributed by atoms with Crippen LogP contribution in [-0.4, -0.2) is 22.6 Å². The molecule has 3 nitrogen and oxygen atoms in total. The number of fused-ring (bicyclic) bond motifs is 1. The summed E-state index contributed by atoms with van der Waals surface area (Å²) >= 11 is 6.46. The van der Waals surface area contributed by atoms with Gasteiger partial charge in [0.15, 0.2) is 0 Å². The molecule has 0 radical (unpaired) electrons. The third-order valence-corrected chi connectivity index (χ3v) is 4.92. The maximum absolute atomic E-state index is 6.46. The normalized spacial score (nSPS) is 22.2. The highest BCUT2D eigenvalue weighted by molar-refractivity contribution is 6.35. The van der Waals surface area contributed by atoms with Crippen molar-refractivity contribution in [3.8, 4) is 0 Å². The Kier molecular flexibility index (Phi) is 4.23. The van der Waals surface area contributed by atoms with Crippen molar-refractivity contribution in [3.63, 3.8) is 0 Å². The van der Waals surface area contributed by atoms with E-state index in [0.717, 1.165) is 42.1 Å². The number of halogens is 1. The number of aromatic nitrogens is 2. The minimum absolute atomic E-state index is 0.173. The molecule has 1 unspecified atom stereocenters. The van der Waals surface area contributed by atoms with Crippen LogP contribution in [0.25, 0.3) is 11.0 Å². The second-order valence-electron chi connectivity index (χ2n) is 6.15. The molecule has 0 aliphatic carbocycles. The number of nitrogens with zero attached hydrogens (tertiary/aromatic N) is 2. The Hall–Kier alpha value is -1.06. The molecule has 1 atom stereocenters. The minimum atomic E-state index is 0.173. The number of nitrogens with one attached hydrogen (secondary N) is 1. The predicted molar refractivity (Wildman–Crippen MR) is 89.1 cm³/mol. The zero-order chi connectivity index (χ0) is 14.9. The van der Waals surface area contributed by atoms with Gasteiger partial charge in [-0.15, -0.1) is 0 Å². The van der Waals surface area contributed by atoms with Crippen LogP contribution in [0.3, 0.4) is 0 Å². The molecule has 1 aliphatic rings. The van der Waals surface area contributed by atoms with Crippen molar-refractivity contribution in [2.75, 3.05) is 13.1 Å². The number of hydrogen-bond acceptors (Lipinski definition) is 2. The van der Waals surface area contributed by atoms with Crippen LogP contribution in [-0.2, 0) is 12.0 Å². The van der Waals surface area contributed by atoms with Gasteiger partial charge in [0.05, 0.1) is 16.1 Å². The zero-order valence-corrected chi connectivity index (χ0v) is 13.7. The molecule has 2 aromatic rings. The third-order valence-electron chi connectivity index (χ3n) is 4.61. The Labute approximate surface area is 131 Å². The Balaban J connectivity index is 2.21. The molecule has 1 N–H and O–H groups in total. The second-order valence-corrected chi connectivity index (χ2v) is 6.56. The molecule has 2 heterocycles. The summed E-state index contributed by atoms with van der Waals surface area (Å²) < 4.78 is 2.38. The van der Waals surface area contributed by atoms with Crippen molar-refractivity contribution in [1.29, 1.82) is 0 Å². The zero-order valence-electron chi connectivity index (χ0n) is 13.0. The highest BCUT2D eigenvalue weighted by atomic mass is 35.5. The third kappa shape index (κ3) is 2.47. The van der Waals surface area contributed by atoms with E-state index in [1.54, 1.807) is 0 Å². The average Bonchev–Trinajstić information content (AvgIpc) is 3.06. The van der Waals surface area contributed by atoms with Crippen LogP contribution >= 0.6 is 11.6 Å². The van der Waals surface area contributed by atoms with Gasteiger partial charge in [-0.3, -0.25) is 0 Å². The fraction of sp³-hybridized carbons (Fsp3) is 0.588. The fourth-order valence-electron chi connectivity index (χ4n) is 3.73. The van der Waals surface area contributed by atoms with Gasteiger partial charge in [-0.25, -0.2) is 4.98 Å². The van der Waals surface area contributed by atoms with Gasteiger partial charge in [-0.1, -0.05) is 37.9 Å². The van der Waals surface area contributed by atoms with Crippen molar-refractivity contribution in [1.82, 2.24) is 14.9 Å². The lowest BCUT2D eigenvalue weighted by Gasteiger charge is -2.28. The van der Waals surface area contributed by atoms with E-state index < -0.39 is 0 Å². The maximum atomic E-state index is 6.46. The fourth-order valence-corrected chi connectivity index (χ4v) is 4.00. The number of imidazole rings is 1. The quantitative estimate of drug-likeness (QED) is 0.900. The first-order chi connectivity index (χ1) is 10.2. The molecule has 0 spiro atoms. The van der Waals surface area contributed by atoms with Crippen LogP contribution < -0.4 is 5.32 Å². The number of para-hydroxylation sites is 1. The van der Waals surface area contributed by atoms with Crippen molar-refractivity contribution in [3.05, 3.63) is 29.0 Å². The van der Waals surface area contributed by atoms with Gasteiger partial charge in [0.2, 0.25) is 0 Å². The molecule has 1 saturated heterocycles. The summed E-state index contributed by atoms with van der Waals surface area (Å²) in [7, 11) is 0. The van der Waals surface area contributed by atoms with E-state index in [-0.39, 0.29) is 5.41 Å². The minimum Gasteiger partial charge on any atom is -0.326 e. The lowest BCUT2D eigenvalue weighted by atomic mass is 9.81. The molecular formula is C17H24ClN3. The van der Waals surface area contributed by atoms with E-state index in [9.17, 15) is 0 Å². The molecule has 0 amide bonds. The van der Waals surface area contributed by atoms with Crippen LogP contribution in [0.15, 0.2) is 18.2 Å². The van der Waals surface area contributed by atoms with E-state index in [4.69, 9.17) is 16.6 Å². The first-order valence-corrected chi connectivity index (χ1v) is 8.45. The predicted octanol–water partition coefficient (Wildman–Crippen LogP) is 4.13. The van der Waals surface area contributed by atoms with Gasteiger partial charge in [0, 0.05) is 18.5 Å². The standard InChI is InChI=1S/C17H24ClN3/c1-3-8-17(9-10-19-12-17)16-20-14-7-5-6-13(18)15(14)21(16)11-4-2/h5-7,19H,3-4,8-12H2,1-2H3. The highest BCUT2D eigenvalue weighted by Gasteiger charge is 2.39. The summed E-state index contributed by atoms with van der Waals surface area (Å²) in [6.45, 7) is 7.58. The van der Waals surface area contributed by atoms with E-state index in [0.29, 0.717) is 0 Å². The van der Waals surface area contributed by atoms with Crippen LogP contribution in [0.4, 0.5) is 0 Å².